The third kappa shape index (κ3) is 2.41. The molecule has 0 aliphatic carbocycles. The number of imidazole rings is 1. The smallest absolute Gasteiger partial charge is 0.256 e. The molecule has 8 heteroatoms. The quantitative estimate of drug-likeness (QED) is 0.583. The molecule has 2 aromatic carbocycles. The zero-order chi connectivity index (χ0) is 19.3. The molecule has 0 spiro atoms. The third-order valence-corrected chi connectivity index (χ3v) is 4.48. The number of halogens is 2. The van der Waals surface area contributed by atoms with Crippen LogP contribution in [0.5, 0.6) is 0 Å². The van der Waals surface area contributed by atoms with Crippen molar-refractivity contribution in [3.05, 3.63) is 63.9 Å². The first-order valence-corrected chi connectivity index (χ1v) is 8.13. The van der Waals surface area contributed by atoms with Gasteiger partial charge in [-0.05, 0) is 30.3 Å². The van der Waals surface area contributed by atoms with Crippen LogP contribution in [0.4, 0.5) is 14.5 Å². The molecule has 0 aliphatic rings. The highest BCUT2D eigenvalue weighted by atomic mass is 19.1. The van der Waals surface area contributed by atoms with Gasteiger partial charge in [-0.15, -0.1) is 0 Å². The summed E-state index contributed by atoms with van der Waals surface area (Å²) in [6.07, 6.45) is 1.37. The van der Waals surface area contributed by atoms with E-state index in [9.17, 15) is 18.4 Å². The molecule has 2 heterocycles. The Kier molecular flexibility index (Phi) is 3.76. The summed E-state index contributed by atoms with van der Waals surface area (Å²) in [5.74, 6) is -1.28. The van der Waals surface area contributed by atoms with Crippen molar-refractivity contribution in [3.8, 4) is 11.4 Å². The van der Waals surface area contributed by atoms with Crippen LogP contribution in [-0.4, -0.2) is 29.4 Å². The van der Waals surface area contributed by atoms with E-state index >= 15 is 0 Å². The van der Waals surface area contributed by atoms with E-state index in [-0.39, 0.29) is 22.2 Å². The Morgan fingerprint density at radius 1 is 1.15 bits per heavy atom. The van der Waals surface area contributed by atoms with Crippen molar-refractivity contribution in [3.63, 3.8) is 0 Å². The molecule has 0 atom stereocenters. The highest BCUT2D eigenvalue weighted by molar-refractivity contribution is 6.05. The Labute approximate surface area is 151 Å². The van der Waals surface area contributed by atoms with Crippen molar-refractivity contribution in [2.45, 2.75) is 0 Å². The summed E-state index contributed by atoms with van der Waals surface area (Å²) in [4.78, 5) is 29.4. The van der Waals surface area contributed by atoms with Gasteiger partial charge >= 0.3 is 0 Å². The first-order valence-electron chi connectivity index (χ1n) is 8.13. The number of aromatic nitrogens is 2. The van der Waals surface area contributed by atoms with E-state index in [1.165, 1.54) is 37.5 Å². The first kappa shape index (κ1) is 16.9. The molecule has 0 unspecified atom stereocenters. The van der Waals surface area contributed by atoms with Crippen molar-refractivity contribution >= 4 is 28.0 Å². The minimum atomic E-state index is -0.651. The average molecular weight is 368 g/mol. The van der Waals surface area contributed by atoms with Crippen LogP contribution in [0.3, 0.4) is 0 Å². The summed E-state index contributed by atoms with van der Waals surface area (Å²) in [6, 6.07) is 6.70. The molecule has 0 bridgehead atoms. The van der Waals surface area contributed by atoms with Crippen LogP contribution in [0.1, 0.15) is 10.4 Å². The van der Waals surface area contributed by atoms with Crippen LogP contribution >= 0.6 is 0 Å². The Bertz CT molecular complexity index is 1250. The van der Waals surface area contributed by atoms with Crippen LogP contribution in [0.15, 0.2) is 41.3 Å². The Morgan fingerprint density at radius 2 is 1.85 bits per heavy atom. The standard InChI is InChI=1S/C19H14F2N4O2/c1-22-14-13(21)7-11-16-15(14)24-18(9-3-5-10(20)6-4-9)25(16)8-12(17(11)26)19(27)23-2/h3-8,22H,1-2H3,(H,23,27). The van der Waals surface area contributed by atoms with E-state index in [0.717, 1.165) is 6.07 Å². The molecule has 136 valence electrons. The molecule has 0 saturated heterocycles. The predicted octanol–water partition coefficient (Wildman–Crippen LogP) is 2.63. The van der Waals surface area contributed by atoms with Gasteiger partial charge in [0.1, 0.15) is 28.5 Å². The molecule has 2 aromatic heterocycles. The number of rotatable bonds is 3. The summed E-state index contributed by atoms with van der Waals surface area (Å²) in [6.45, 7) is 0. The average Bonchev–Trinajstić information content (AvgIpc) is 3.04. The van der Waals surface area contributed by atoms with Crippen LogP contribution in [-0.2, 0) is 0 Å². The highest BCUT2D eigenvalue weighted by Gasteiger charge is 2.23. The first-order chi connectivity index (χ1) is 13.0. The van der Waals surface area contributed by atoms with E-state index in [2.05, 4.69) is 15.6 Å². The largest absolute Gasteiger partial charge is 0.384 e. The van der Waals surface area contributed by atoms with Crippen molar-refractivity contribution in [2.75, 3.05) is 19.4 Å². The topological polar surface area (TPSA) is 75.5 Å². The molecular weight excluding hydrogens is 354 g/mol. The predicted molar refractivity (Wildman–Crippen MR) is 98.4 cm³/mol. The number of anilines is 1. The molecule has 27 heavy (non-hydrogen) atoms. The normalized spacial score (nSPS) is 11.3. The van der Waals surface area contributed by atoms with Crippen molar-refractivity contribution in [2.24, 2.45) is 0 Å². The van der Waals surface area contributed by atoms with E-state index in [0.29, 0.717) is 16.9 Å². The lowest BCUT2D eigenvalue weighted by molar-refractivity contribution is 0.0961. The second-order valence-corrected chi connectivity index (χ2v) is 5.99. The van der Waals surface area contributed by atoms with Crippen molar-refractivity contribution in [1.29, 1.82) is 0 Å². The molecule has 0 saturated carbocycles. The van der Waals surface area contributed by atoms with Crippen molar-refractivity contribution in [1.82, 2.24) is 14.7 Å². The van der Waals surface area contributed by atoms with Gasteiger partial charge in [-0.3, -0.25) is 14.0 Å². The summed E-state index contributed by atoms with van der Waals surface area (Å²) in [5, 5.41) is 5.20. The minimum Gasteiger partial charge on any atom is -0.384 e. The van der Waals surface area contributed by atoms with Gasteiger partial charge in [-0.1, -0.05) is 0 Å². The number of hydrogen-bond donors (Lipinski definition) is 2. The van der Waals surface area contributed by atoms with Gasteiger partial charge in [-0.2, -0.15) is 0 Å². The maximum Gasteiger partial charge on any atom is 0.256 e. The Balaban J connectivity index is 2.20. The molecule has 0 aliphatic heterocycles. The lowest BCUT2D eigenvalue weighted by Gasteiger charge is -2.08. The Hall–Kier alpha value is -3.55. The maximum atomic E-state index is 14.5. The van der Waals surface area contributed by atoms with E-state index in [4.69, 9.17) is 0 Å². The molecule has 0 fully saturated rings. The molecule has 4 rings (SSSR count). The molecular formula is C19H14F2N4O2. The second kappa shape index (κ2) is 6.01. The van der Waals surface area contributed by atoms with Crippen LogP contribution in [0.25, 0.3) is 27.8 Å². The van der Waals surface area contributed by atoms with E-state index in [1.54, 1.807) is 11.4 Å². The van der Waals surface area contributed by atoms with Gasteiger partial charge in [0.2, 0.25) is 5.43 Å². The number of nitrogens with one attached hydrogen (secondary N) is 2. The fourth-order valence-corrected chi connectivity index (χ4v) is 3.21. The van der Waals surface area contributed by atoms with Crippen molar-refractivity contribution < 1.29 is 13.6 Å². The van der Waals surface area contributed by atoms with Gasteiger partial charge in [0, 0.05) is 25.9 Å². The van der Waals surface area contributed by atoms with Gasteiger partial charge in [0.05, 0.1) is 16.6 Å². The number of benzene rings is 2. The summed E-state index contributed by atoms with van der Waals surface area (Å²) in [5.41, 5.74) is 0.622. The second-order valence-electron chi connectivity index (χ2n) is 5.99. The van der Waals surface area contributed by atoms with E-state index < -0.39 is 23.0 Å². The summed E-state index contributed by atoms with van der Waals surface area (Å²) < 4.78 is 29.4. The molecule has 1 amide bonds. The number of amides is 1. The molecule has 2 N–H and O–H groups in total. The van der Waals surface area contributed by atoms with Crippen LogP contribution < -0.4 is 16.1 Å². The number of pyridine rings is 1. The number of nitrogens with zero attached hydrogens (tertiary/aromatic N) is 2. The number of hydrogen-bond acceptors (Lipinski definition) is 4. The lowest BCUT2D eigenvalue weighted by Crippen LogP contribution is -2.26. The highest BCUT2D eigenvalue weighted by Crippen LogP contribution is 2.33. The van der Waals surface area contributed by atoms with Gasteiger partial charge in [0.15, 0.2) is 0 Å². The molecule has 0 radical (unpaired) electrons. The zero-order valence-electron chi connectivity index (χ0n) is 14.4. The van der Waals surface area contributed by atoms with Gasteiger partial charge < -0.3 is 10.6 Å². The van der Waals surface area contributed by atoms with Gasteiger partial charge in [0.25, 0.3) is 5.91 Å². The van der Waals surface area contributed by atoms with Crippen LogP contribution in [0, 0.1) is 11.6 Å². The molecule has 4 aromatic rings. The molecule has 6 nitrogen and oxygen atoms in total. The zero-order valence-corrected chi connectivity index (χ0v) is 14.4. The minimum absolute atomic E-state index is 0.0449. The number of carbonyl (C=O) groups excluding carboxylic acids is 1. The fraction of sp³-hybridized carbons (Fsp3) is 0.105. The van der Waals surface area contributed by atoms with E-state index in [1.807, 2.05) is 0 Å². The summed E-state index contributed by atoms with van der Waals surface area (Å²) in [7, 11) is 2.95. The summed E-state index contributed by atoms with van der Waals surface area (Å²) >= 11 is 0. The lowest BCUT2D eigenvalue weighted by atomic mass is 10.1. The number of carbonyl (C=O) groups is 1. The van der Waals surface area contributed by atoms with Crippen LogP contribution in [0.2, 0.25) is 0 Å². The third-order valence-electron chi connectivity index (χ3n) is 4.48. The SMILES string of the molecule is CNC(=O)c1cn2c(-c3ccc(F)cc3)nc3c(NC)c(F)cc(c1=O)c32. The monoisotopic (exact) mass is 368 g/mol. The fourth-order valence-electron chi connectivity index (χ4n) is 3.21. The maximum absolute atomic E-state index is 14.5. The Morgan fingerprint density at radius 3 is 2.48 bits per heavy atom. The van der Waals surface area contributed by atoms with Gasteiger partial charge in [-0.25, -0.2) is 13.8 Å².